The monoisotopic (exact) mass is 480 g/mol. The first-order chi connectivity index (χ1) is 16.8. The Bertz CT molecular complexity index is 1060. The standard InChI is InChI=1S/C27H32N2O6/c1-3-8-17(24(30)29-23-15-34-16-27(23,2)25(31)32)13-28-26(33)35-14-22-20-11-6-4-9-18(20)19-10-5-7-12-21(19)22/h4-7,9-12,17,22-23H,3,8,13-16H2,1-2H3,(H,28,33)(H,29,30)(H,31,32). The molecule has 3 atom stereocenters. The highest BCUT2D eigenvalue weighted by atomic mass is 16.5. The molecule has 1 fully saturated rings. The van der Waals surface area contributed by atoms with Crippen LogP contribution in [0.15, 0.2) is 48.5 Å². The summed E-state index contributed by atoms with van der Waals surface area (Å²) in [5, 5.41) is 15.1. The van der Waals surface area contributed by atoms with Gasteiger partial charge in [0, 0.05) is 12.5 Å². The Labute approximate surface area is 205 Å². The Morgan fingerprint density at radius 2 is 1.74 bits per heavy atom. The Kier molecular flexibility index (Phi) is 7.40. The van der Waals surface area contributed by atoms with Crippen LogP contribution in [-0.4, -0.2) is 55.5 Å². The van der Waals surface area contributed by atoms with Crippen molar-refractivity contribution in [2.75, 3.05) is 26.4 Å². The second kappa shape index (κ2) is 10.5. The van der Waals surface area contributed by atoms with Crippen LogP contribution in [0.25, 0.3) is 11.1 Å². The smallest absolute Gasteiger partial charge is 0.407 e. The van der Waals surface area contributed by atoms with Crippen molar-refractivity contribution in [2.45, 2.75) is 38.6 Å². The number of hydrogen-bond donors (Lipinski definition) is 3. The molecule has 4 rings (SSSR count). The van der Waals surface area contributed by atoms with E-state index in [1.807, 2.05) is 31.2 Å². The fraction of sp³-hybridized carbons (Fsp3) is 0.444. The van der Waals surface area contributed by atoms with Gasteiger partial charge in [-0.25, -0.2) is 4.79 Å². The maximum absolute atomic E-state index is 12.9. The SMILES string of the molecule is CCCC(CNC(=O)OCC1c2ccccc2-c2ccccc21)C(=O)NC1COCC1(C)C(=O)O. The Morgan fingerprint density at radius 1 is 1.11 bits per heavy atom. The van der Waals surface area contributed by atoms with E-state index >= 15 is 0 Å². The highest BCUT2D eigenvalue weighted by Crippen LogP contribution is 2.44. The number of carbonyl (C=O) groups is 3. The zero-order chi connectivity index (χ0) is 25.0. The molecule has 0 radical (unpaired) electrons. The molecule has 2 amide bonds. The van der Waals surface area contributed by atoms with Crippen LogP contribution in [0.4, 0.5) is 4.79 Å². The number of alkyl carbamates (subject to hydrolysis) is 1. The average molecular weight is 481 g/mol. The predicted octanol–water partition coefficient (Wildman–Crippen LogP) is 3.55. The van der Waals surface area contributed by atoms with Crippen molar-refractivity contribution in [3.05, 3.63) is 59.7 Å². The minimum Gasteiger partial charge on any atom is -0.481 e. The van der Waals surface area contributed by atoms with Crippen LogP contribution >= 0.6 is 0 Å². The topological polar surface area (TPSA) is 114 Å². The van der Waals surface area contributed by atoms with Gasteiger partial charge in [0.2, 0.25) is 5.91 Å². The fourth-order valence-corrected chi connectivity index (χ4v) is 4.90. The lowest BCUT2D eigenvalue weighted by atomic mass is 9.85. The molecular formula is C27H32N2O6. The molecule has 2 aromatic carbocycles. The highest BCUT2D eigenvalue weighted by Gasteiger charge is 2.47. The second-order valence-corrected chi connectivity index (χ2v) is 9.49. The second-order valence-electron chi connectivity index (χ2n) is 9.49. The average Bonchev–Trinajstić information content (AvgIpc) is 3.39. The van der Waals surface area contributed by atoms with E-state index in [0.29, 0.717) is 6.42 Å². The van der Waals surface area contributed by atoms with Crippen molar-refractivity contribution in [2.24, 2.45) is 11.3 Å². The molecule has 0 aromatic heterocycles. The van der Waals surface area contributed by atoms with Gasteiger partial charge < -0.3 is 25.2 Å². The van der Waals surface area contributed by atoms with Crippen molar-refractivity contribution in [1.82, 2.24) is 10.6 Å². The molecule has 2 aliphatic rings. The molecule has 1 saturated heterocycles. The molecule has 1 heterocycles. The largest absolute Gasteiger partial charge is 0.481 e. The molecule has 2 aromatic rings. The number of carbonyl (C=O) groups excluding carboxylic acids is 2. The summed E-state index contributed by atoms with van der Waals surface area (Å²) in [5.74, 6) is -1.85. The molecule has 0 saturated carbocycles. The Balaban J connectivity index is 1.33. The van der Waals surface area contributed by atoms with E-state index < -0.39 is 29.4 Å². The highest BCUT2D eigenvalue weighted by molar-refractivity contribution is 5.82. The maximum atomic E-state index is 12.9. The minimum absolute atomic E-state index is 0.0426. The van der Waals surface area contributed by atoms with E-state index in [1.165, 1.54) is 0 Å². The summed E-state index contributed by atoms with van der Waals surface area (Å²) >= 11 is 0. The van der Waals surface area contributed by atoms with Crippen LogP contribution < -0.4 is 10.6 Å². The van der Waals surface area contributed by atoms with Crippen LogP contribution in [-0.2, 0) is 19.1 Å². The zero-order valence-electron chi connectivity index (χ0n) is 20.1. The van der Waals surface area contributed by atoms with Crippen LogP contribution in [0.1, 0.15) is 43.7 Å². The molecule has 1 aliphatic carbocycles. The molecule has 186 valence electrons. The molecule has 3 N–H and O–H groups in total. The van der Waals surface area contributed by atoms with Crippen molar-refractivity contribution in [3.8, 4) is 11.1 Å². The lowest BCUT2D eigenvalue weighted by Gasteiger charge is -2.27. The molecule has 8 nitrogen and oxygen atoms in total. The van der Waals surface area contributed by atoms with Gasteiger partial charge in [0.15, 0.2) is 0 Å². The predicted molar refractivity (Wildman–Crippen MR) is 130 cm³/mol. The third kappa shape index (κ3) is 5.03. The summed E-state index contributed by atoms with van der Waals surface area (Å²) in [4.78, 5) is 37.1. The quantitative estimate of drug-likeness (QED) is 0.506. The van der Waals surface area contributed by atoms with Gasteiger partial charge in [-0.2, -0.15) is 0 Å². The van der Waals surface area contributed by atoms with Gasteiger partial charge in [-0.15, -0.1) is 0 Å². The summed E-state index contributed by atoms with van der Waals surface area (Å²) in [6, 6.07) is 15.6. The first kappa shape index (κ1) is 24.7. The molecule has 35 heavy (non-hydrogen) atoms. The number of ether oxygens (including phenoxy) is 2. The fourth-order valence-electron chi connectivity index (χ4n) is 4.90. The van der Waals surface area contributed by atoms with Gasteiger partial charge >= 0.3 is 12.1 Å². The number of aliphatic carboxylic acids is 1. The Hall–Kier alpha value is -3.39. The summed E-state index contributed by atoms with van der Waals surface area (Å²) in [6.45, 7) is 4.01. The van der Waals surface area contributed by atoms with Crippen LogP contribution in [0, 0.1) is 11.3 Å². The lowest BCUT2D eigenvalue weighted by molar-refractivity contribution is -0.149. The number of hydrogen-bond acceptors (Lipinski definition) is 5. The summed E-state index contributed by atoms with van der Waals surface area (Å²) < 4.78 is 10.9. The van der Waals surface area contributed by atoms with Gasteiger partial charge in [0.05, 0.1) is 25.2 Å². The maximum Gasteiger partial charge on any atom is 0.407 e. The van der Waals surface area contributed by atoms with Gasteiger partial charge in [-0.3, -0.25) is 9.59 Å². The number of benzene rings is 2. The number of fused-ring (bicyclic) bond motifs is 3. The third-order valence-corrected chi connectivity index (χ3v) is 7.10. The molecule has 1 aliphatic heterocycles. The van der Waals surface area contributed by atoms with Gasteiger partial charge in [-0.1, -0.05) is 61.9 Å². The van der Waals surface area contributed by atoms with Crippen LogP contribution in [0.3, 0.4) is 0 Å². The summed E-state index contributed by atoms with van der Waals surface area (Å²) in [7, 11) is 0. The van der Waals surface area contributed by atoms with E-state index in [9.17, 15) is 19.5 Å². The van der Waals surface area contributed by atoms with Gasteiger partial charge in [-0.05, 0) is 35.6 Å². The minimum atomic E-state index is -1.17. The molecule has 0 bridgehead atoms. The first-order valence-electron chi connectivity index (χ1n) is 12.1. The van der Waals surface area contributed by atoms with Crippen molar-refractivity contribution in [1.29, 1.82) is 0 Å². The molecule has 8 heteroatoms. The first-order valence-corrected chi connectivity index (χ1v) is 12.1. The van der Waals surface area contributed by atoms with E-state index in [0.717, 1.165) is 28.7 Å². The van der Waals surface area contributed by atoms with E-state index in [4.69, 9.17) is 9.47 Å². The number of amides is 2. The number of nitrogens with one attached hydrogen (secondary N) is 2. The van der Waals surface area contributed by atoms with E-state index in [1.54, 1.807) is 6.92 Å². The van der Waals surface area contributed by atoms with Crippen molar-refractivity contribution >= 4 is 18.0 Å². The summed E-state index contributed by atoms with van der Waals surface area (Å²) in [5.41, 5.74) is 3.39. The molecule has 3 unspecified atom stereocenters. The molecule has 0 spiro atoms. The van der Waals surface area contributed by atoms with Crippen LogP contribution in [0.5, 0.6) is 0 Å². The molecular weight excluding hydrogens is 448 g/mol. The lowest BCUT2D eigenvalue weighted by Crippen LogP contribution is -2.52. The van der Waals surface area contributed by atoms with Crippen LogP contribution in [0.2, 0.25) is 0 Å². The van der Waals surface area contributed by atoms with Gasteiger partial charge in [0.1, 0.15) is 12.0 Å². The third-order valence-electron chi connectivity index (χ3n) is 7.10. The van der Waals surface area contributed by atoms with Crippen molar-refractivity contribution < 1.29 is 29.0 Å². The van der Waals surface area contributed by atoms with E-state index in [-0.39, 0.29) is 38.2 Å². The number of rotatable bonds is 9. The van der Waals surface area contributed by atoms with Gasteiger partial charge in [0.25, 0.3) is 0 Å². The Morgan fingerprint density at radius 3 is 2.34 bits per heavy atom. The normalized spacial score (nSPS) is 21.6. The van der Waals surface area contributed by atoms with E-state index in [2.05, 4.69) is 34.9 Å². The number of carboxylic acids is 1. The zero-order valence-corrected chi connectivity index (χ0v) is 20.1. The van der Waals surface area contributed by atoms with Crippen molar-refractivity contribution in [3.63, 3.8) is 0 Å². The number of carboxylic acid groups (broad SMARTS) is 1. The summed E-state index contributed by atoms with van der Waals surface area (Å²) in [6.07, 6.45) is 0.703.